The van der Waals surface area contributed by atoms with Crippen molar-refractivity contribution in [2.45, 2.75) is 32.6 Å². The van der Waals surface area contributed by atoms with E-state index in [1.165, 1.54) is 5.56 Å². The van der Waals surface area contributed by atoms with Gasteiger partial charge in [-0.05, 0) is 36.6 Å². The van der Waals surface area contributed by atoms with Crippen LogP contribution in [0.25, 0.3) is 0 Å². The first-order valence-electron chi connectivity index (χ1n) is 5.53. The van der Waals surface area contributed by atoms with E-state index >= 15 is 0 Å². The molecule has 0 saturated heterocycles. The van der Waals surface area contributed by atoms with Crippen LogP contribution in [-0.2, 0) is 5.41 Å². The third kappa shape index (κ3) is 3.51. The van der Waals surface area contributed by atoms with Crippen LogP contribution in [0.5, 0.6) is 0 Å². The van der Waals surface area contributed by atoms with Crippen LogP contribution in [0.2, 0.25) is 5.02 Å². The SMILES string of the molecule is CCNCCC(C)(C)c1ccccc1Cl. The second-order valence-electron chi connectivity index (χ2n) is 4.47. The molecule has 0 unspecified atom stereocenters. The summed E-state index contributed by atoms with van der Waals surface area (Å²) in [6, 6.07) is 8.11. The third-order valence-corrected chi connectivity index (χ3v) is 3.11. The summed E-state index contributed by atoms with van der Waals surface area (Å²) >= 11 is 6.20. The zero-order chi connectivity index (χ0) is 11.3. The van der Waals surface area contributed by atoms with Crippen LogP contribution in [-0.4, -0.2) is 13.1 Å². The molecule has 0 fully saturated rings. The van der Waals surface area contributed by atoms with Crippen molar-refractivity contribution in [1.82, 2.24) is 5.32 Å². The van der Waals surface area contributed by atoms with E-state index in [2.05, 4.69) is 38.2 Å². The molecule has 1 aromatic carbocycles. The summed E-state index contributed by atoms with van der Waals surface area (Å²) in [7, 11) is 0. The molecule has 0 heterocycles. The van der Waals surface area contributed by atoms with Crippen LogP contribution >= 0.6 is 11.6 Å². The van der Waals surface area contributed by atoms with Crippen molar-refractivity contribution >= 4 is 11.6 Å². The van der Waals surface area contributed by atoms with E-state index in [-0.39, 0.29) is 5.41 Å². The molecule has 0 amide bonds. The lowest BCUT2D eigenvalue weighted by atomic mass is 9.81. The van der Waals surface area contributed by atoms with Crippen LogP contribution < -0.4 is 5.32 Å². The summed E-state index contributed by atoms with van der Waals surface area (Å²) < 4.78 is 0. The highest BCUT2D eigenvalue weighted by molar-refractivity contribution is 6.31. The summed E-state index contributed by atoms with van der Waals surface area (Å²) in [5, 5.41) is 4.22. The highest BCUT2D eigenvalue weighted by Gasteiger charge is 2.22. The van der Waals surface area contributed by atoms with Gasteiger partial charge >= 0.3 is 0 Å². The molecule has 0 bridgehead atoms. The lowest BCUT2D eigenvalue weighted by Gasteiger charge is -2.26. The Labute approximate surface area is 97.8 Å². The highest BCUT2D eigenvalue weighted by atomic mass is 35.5. The summed E-state index contributed by atoms with van der Waals surface area (Å²) in [6.07, 6.45) is 1.10. The van der Waals surface area contributed by atoms with Gasteiger partial charge in [0.05, 0.1) is 0 Å². The summed E-state index contributed by atoms with van der Waals surface area (Å²) in [6.45, 7) is 8.67. The fourth-order valence-electron chi connectivity index (χ4n) is 1.72. The van der Waals surface area contributed by atoms with Crippen LogP contribution in [0.1, 0.15) is 32.8 Å². The van der Waals surface area contributed by atoms with Gasteiger partial charge < -0.3 is 5.32 Å². The molecule has 0 spiro atoms. The molecule has 0 aliphatic rings. The minimum Gasteiger partial charge on any atom is -0.317 e. The number of hydrogen-bond acceptors (Lipinski definition) is 1. The normalized spacial score (nSPS) is 11.7. The first kappa shape index (κ1) is 12.5. The topological polar surface area (TPSA) is 12.0 Å². The van der Waals surface area contributed by atoms with E-state index in [9.17, 15) is 0 Å². The smallest absolute Gasteiger partial charge is 0.0443 e. The Morgan fingerprint density at radius 2 is 1.93 bits per heavy atom. The molecule has 1 N–H and O–H groups in total. The van der Waals surface area contributed by atoms with E-state index in [0.717, 1.165) is 24.5 Å². The Balaban J connectivity index is 2.72. The molecule has 0 radical (unpaired) electrons. The lowest BCUT2D eigenvalue weighted by molar-refractivity contribution is 0.461. The van der Waals surface area contributed by atoms with E-state index < -0.39 is 0 Å². The molecular weight excluding hydrogens is 206 g/mol. The van der Waals surface area contributed by atoms with E-state index in [4.69, 9.17) is 11.6 Å². The summed E-state index contributed by atoms with van der Waals surface area (Å²) in [5.74, 6) is 0. The second kappa shape index (κ2) is 5.53. The van der Waals surface area contributed by atoms with Crippen molar-refractivity contribution in [2.75, 3.05) is 13.1 Å². The van der Waals surface area contributed by atoms with Gasteiger partial charge in [0.15, 0.2) is 0 Å². The fourth-order valence-corrected chi connectivity index (χ4v) is 2.11. The molecule has 1 nitrogen and oxygen atoms in total. The molecular formula is C13H20ClN. The Kier molecular flexibility index (Phi) is 4.62. The van der Waals surface area contributed by atoms with Gasteiger partial charge in [0, 0.05) is 5.02 Å². The molecule has 2 heteroatoms. The van der Waals surface area contributed by atoms with Crippen LogP contribution in [0.15, 0.2) is 24.3 Å². The number of rotatable bonds is 5. The molecule has 0 saturated carbocycles. The monoisotopic (exact) mass is 225 g/mol. The maximum absolute atomic E-state index is 6.20. The van der Waals surface area contributed by atoms with Gasteiger partial charge in [-0.1, -0.05) is 50.6 Å². The molecule has 0 aliphatic heterocycles. The molecule has 0 atom stereocenters. The van der Waals surface area contributed by atoms with E-state index in [0.29, 0.717) is 0 Å². The predicted molar refractivity (Wildman–Crippen MR) is 67.6 cm³/mol. The maximum atomic E-state index is 6.20. The zero-order valence-electron chi connectivity index (χ0n) is 9.81. The Morgan fingerprint density at radius 1 is 1.27 bits per heavy atom. The first-order valence-corrected chi connectivity index (χ1v) is 5.91. The van der Waals surface area contributed by atoms with Gasteiger partial charge in [-0.15, -0.1) is 0 Å². The number of halogens is 1. The van der Waals surface area contributed by atoms with Gasteiger partial charge in [0.1, 0.15) is 0 Å². The quantitative estimate of drug-likeness (QED) is 0.755. The minimum absolute atomic E-state index is 0.139. The molecule has 84 valence electrons. The maximum Gasteiger partial charge on any atom is 0.0443 e. The average molecular weight is 226 g/mol. The standard InChI is InChI=1S/C13H20ClN/c1-4-15-10-9-13(2,3)11-7-5-6-8-12(11)14/h5-8,15H,4,9-10H2,1-3H3. The van der Waals surface area contributed by atoms with Crippen molar-refractivity contribution in [1.29, 1.82) is 0 Å². The van der Waals surface area contributed by atoms with Crippen molar-refractivity contribution in [3.05, 3.63) is 34.9 Å². The number of hydrogen-bond donors (Lipinski definition) is 1. The van der Waals surface area contributed by atoms with E-state index in [1.54, 1.807) is 0 Å². The zero-order valence-corrected chi connectivity index (χ0v) is 10.6. The molecule has 15 heavy (non-hydrogen) atoms. The van der Waals surface area contributed by atoms with Crippen LogP contribution in [0.3, 0.4) is 0 Å². The van der Waals surface area contributed by atoms with Gasteiger partial charge in [-0.2, -0.15) is 0 Å². The highest BCUT2D eigenvalue weighted by Crippen LogP contribution is 2.31. The van der Waals surface area contributed by atoms with Crippen molar-refractivity contribution in [3.63, 3.8) is 0 Å². The molecule has 0 aromatic heterocycles. The van der Waals surface area contributed by atoms with Gasteiger partial charge in [0.25, 0.3) is 0 Å². The van der Waals surface area contributed by atoms with E-state index in [1.807, 2.05) is 12.1 Å². The average Bonchev–Trinajstić information content (AvgIpc) is 2.18. The number of benzene rings is 1. The lowest BCUT2D eigenvalue weighted by Crippen LogP contribution is -2.25. The number of nitrogens with one attached hydrogen (secondary N) is 1. The summed E-state index contributed by atoms with van der Waals surface area (Å²) in [5.41, 5.74) is 1.38. The first-order chi connectivity index (χ1) is 7.08. The Bertz CT molecular complexity index is 307. The van der Waals surface area contributed by atoms with Crippen LogP contribution in [0.4, 0.5) is 0 Å². The Morgan fingerprint density at radius 3 is 2.53 bits per heavy atom. The van der Waals surface area contributed by atoms with Crippen molar-refractivity contribution < 1.29 is 0 Å². The Hall–Kier alpha value is -0.530. The second-order valence-corrected chi connectivity index (χ2v) is 4.87. The molecule has 0 aliphatic carbocycles. The van der Waals surface area contributed by atoms with Gasteiger partial charge in [0.2, 0.25) is 0 Å². The van der Waals surface area contributed by atoms with Gasteiger partial charge in [-0.25, -0.2) is 0 Å². The predicted octanol–water partition coefficient (Wildman–Crippen LogP) is 3.62. The minimum atomic E-state index is 0.139. The third-order valence-electron chi connectivity index (χ3n) is 2.78. The summed E-state index contributed by atoms with van der Waals surface area (Å²) in [4.78, 5) is 0. The fraction of sp³-hybridized carbons (Fsp3) is 0.538. The van der Waals surface area contributed by atoms with Crippen LogP contribution in [0, 0.1) is 0 Å². The van der Waals surface area contributed by atoms with Gasteiger partial charge in [-0.3, -0.25) is 0 Å². The molecule has 1 rings (SSSR count). The van der Waals surface area contributed by atoms with Crippen molar-refractivity contribution in [3.8, 4) is 0 Å². The largest absolute Gasteiger partial charge is 0.317 e. The molecule has 1 aromatic rings. The van der Waals surface area contributed by atoms with Crippen molar-refractivity contribution in [2.24, 2.45) is 0 Å².